The van der Waals surface area contributed by atoms with Crippen molar-refractivity contribution in [1.82, 2.24) is 0 Å². The molecule has 1 unspecified atom stereocenters. The third-order valence-corrected chi connectivity index (χ3v) is 2.86. The first-order valence-corrected chi connectivity index (χ1v) is 7.44. The molecule has 0 aliphatic carbocycles. The monoisotopic (exact) mass is 280 g/mol. The predicted molar refractivity (Wildman–Crippen MR) is 83.4 cm³/mol. The van der Waals surface area contributed by atoms with Crippen LogP contribution in [0.2, 0.25) is 0 Å². The molecule has 0 spiro atoms. The van der Waals surface area contributed by atoms with Crippen molar-refractivity contribution in [3.05, 3.63) is 36.5 Å². The number of unbranched alkanes of at least 4 members (excludes halogenated alkanes) is 2. The average Bonchev–Trinajstić information content (AvgIpc) is 2.45. The smallest absolute Gasteiger partial charge is 0.305 e. The second-order valence-corrected chi connectivity index (χ2v) is 4.67. The molecule has 114 valence electrons. The number of carbonyl (C=O) groups excluding carboxylic acids is 1. The highest BCUT2D eigenvalue weighted by Crippen LogP contribution is 2.07. The summed E-state index contributed by atoms with van der Waals surface area (Å²) in [6.45, 7) is 2.11. The minimum Gasteiger partial charge on any atom is -0.469 e. The third-order valence-electron chi connectivity index (χ3n) is 2.86. The van der Waals surface area contributed by atoms with Gasteiger partial charge in [-0.3, -0.25) is 4.79 Å². The Morgan fingerprint density at radius 1 is 1.15 bits per heavy atom. The Hall–Kier alpha value is -1.35. The lowest BCUT2D eigenvalue weighted by atomic mass is 10.1. The molecule has 3 nitrogen and oxygen atoms in total. The van der Waals surface area contributed by atoms with Crippen LogP contribution in [-0.2, 0) is 9.53 Å². The van der Waals surface area contributed by atoms with Crippen LogP contribution < -0.4 is 0 Å². The Morgan fingerprint density at radius 2 is 1.95 bits per heavy atom. The Balaban J connectivity index is 3.55. The maximum Gasteiger partial charge on any atom is 0.305 e. The van der Waals surface area contributed by atoms with Gasteiger partial charge in [-0.05, 0) is 25.7 Å². The molecule has 3 heteroatoms. The number of methoxy groups -OCH3 is 1. The Bertz CT molecular complexity index is 316. The normalized spacial score (nSPS) is 13.6. The van der Waals surface area contributed by atoms with Gasteiger partial charge in [0, 0.05) is 6.42 Å². The molecule has 0 aliphatic rings. The zero-order chi connectivity index (χ0) is 15.1. The fourth-order valence-electron chi connectivity index (χ4n) is 1.69. The van der Waals surface area contributed by atoms with Crippen LogP contribution in [0.25, 0.3) is 0 Å². The summed E-state index contributed by atoms with van der Waals surface area (Å²) < 4.78 is 4.57. The van der Waals surface area contributed by atoms with Crippen molar-refractivity contribution < 1.29 is 14.6 Å². The number of ether oxygens (including phenoxy) is 1. The maximum atomic E-state index is 10.9. The quantitative estimate of drug-likeness (QED) is 0.270. The molecule has 0 radical (unpaired) electrons. The van der Waals surface area contributed by atoms with E-state index in [0.717, 1.165) is 38.5 Å². The third kappa shape index (κ3) is 13.1. The summed E-state index contributed by atoms with van der Waals surface area (Å²) in [5.74, 6) is -0.160. The highest BCUT2D eigenvalue weighted by Gasteiger charge is 2.01. The van der Waals surface area contributed by atoms with Crippen LogP contribution in [0, 0.1) is 0 Å². The van der Waals surface area contributed by atoms with Gasteiger partial charge in [-0.2, -0.15) is 0 Å². The molecule has 0 rings (SSSR count). The van der Waals surface area contributed by atoms with Crippen LogP contribution in [0.1, 0.15) is 51.9 Å². The van der Waals surface area contributed by atoms with Crippen LogP contribution >= 0.6 is 0 Å². The van der Waals surface area contributed by atoms with Gasteiger partial charge in [0.1, 0.15) is 0 Å². The molecular formula is C17H28O3. The summed E-state index contributed by atoms with van der Waals surface area (Å²) in [5.41, 5.74) is 0. The van der Waals surface area contributed by atoms with Gasteiger partial charge in [-0.25, -0.2) is 0 Å². The molecule has 0 fully saturated rings. The van der Waals surface area contributed by atoms with Gasteiger partial charge in [-0.1, -0.05) is 56.2 Å². The minimum atomic E-state index is -0.399. The van der Waals surface area contributed by atoms with Gasteiger partial charge in [0.05, 0.1) is 13.2 Å². The fraction of sp³-hybridized carbons (Fsp3) is 0.588. The first-order chi connectivity index (χ1) is 9.70. The first kappa shape index (κ1) is 18.7. The summed E-state index contributed by atoms with van der Waals surface area (Å²) in [5, 5.41) is 9.72. The molecule has 1 atom stereocenters. The first-order valence-electron chi connectivity index (χ1n) is 7.44. The molecule has 0 amide bonds. The van der Waals surface area contributed by atoms with Gasteiger partial charge < -0.3 is 9.84 Å². The van der Waals surface area contributed by atoms with Crippen molar-refractivity contribution in [3.63, 3.8) is 0 Å². The summed E-state index contributed by atoms with van der Waals surface area (Å²) in [6.07, 6.45) is 17.5. The second-order valence-electron chi connectivity index (χ2n) is 4.67. The lowest BCUT2D eigenvalue weighted by Gasteiger charge is -2.04. The van der Waals surface area contributed by atoms with E-state index in [2.05, 4.69) is 29.9 Å². The lowest BCUT2D eigenvalue weighted by Crippen LogP contribution is -2.02. The van der Waals surface area contributed by atoms with E-state index in [1.165, 1.54) is 7.11 Å². The van der Waals surface area contributed by atoms with Crippen molar-refractivity contribution in [2.45, 2.75) is 58.0 Å². The SMILES string of the molecule is CCC=CCC=CC=CC(O)CCCCCC(=O)OC. The topological polar surface area (TPSA) is 46.5 Å². The van der Waals surface area contributed by atoms with Crippen LogP contribution in [0.5, 0.6) is 0 Å². The summed E-state index contributed by atoms with van der Waals surface area (Å²) in [6, 6.07) is 0. The number of hydrogen-bond donors (Lipinski definition) is 1. The molecule has 0 heterocycles. The number of aliphatic hydroxyl groups is 1. The Labute approximate surface area is 123 Å². The molecule has 0 saturated heterocycles. The van der Waals surface area contributed by atoms with E-state index in [0.29, 0.717) is 6.42 Å². The van der Waals surface area contributed by atoms with Gasteiger partial charge >= 0.3 is 5.97 Å². The van der Waals surface area contributed by atoms with Gasteiger partial charge in [-0.15, -0.1) is 0 Å². The number of aliphatic hydroxyl groups excluding tert-OH is 1. The number of allylic oxidation sites excluding steroid dienone is 5. The van der Waals surface area contributed by atoms with Crippen LogP contribution in [0.3, 0.4) is 0 Å². The molecular weight excluding hydrogens is 252 g/mol. The number of esters is 1. The molecule has 0 saturated carbocycles. The number of carbonyl (C=O) groups is 1. The van der Waals surface area contributed by atoms with Crippen LogP contribution in [0.15, 0.2) is 36.5 Å². The number of hydrogen-bond acceptors (Lipinski definition) is 3. The summed E-state index contributed by atoms with van der Waals surface area (Å²) >= 11 is 0. The Morgan fingerprint density at radius 3 is 2.65 bits per heavy atom. The van der Waals surface area contributed by atoms with E-state index in [9.17, 15) is 9.90 Å². The zero-order valence-electron chi connectivity index (χ0n) is 12.8. The van der Waals surface area contributed by atoms with Gasteiger partial charge in [0.25, 0.3) is 0 Å². The van der Waals surface area contributed by atoms with E-state index in [1.807, 2.05) is 12.2 Å². The molecule has 1 N–H and O–H groups in total. The van der Waals surface area contributed by atoms with Crippen molar-refractivity contribution in [2.24, 2.45) is 0 Å². The molecule has 0 aliphatic heterocycles. The largest absolute Gasteiger partial charge is 0.469 e. The highest BCUT2D eigenvalue weighted by molar-refractivity contribution is 5.68. The summed E-state index contributed by atoms with van der Waals surface area (Å²) in [4.78, 5) is 10.9. The maximum absolute atomic E-state index is 10.9. The lowest BCUT2D eigenvalue weighted by molar-refractivity contribution is -0.140. The molecule has 0 aromatic rings. The van der Waals surface area contributed by atoms with Crippen LogP contribution in [0.4, 0.5) is 0 Å². The zero-order valence-corrected chi connectivity index (χ0v) is 12.8. The fourth-order valence-corrected chi connectivity index (χ4v) is 1.69. The van der Waals surface area contributed by atoms with Crippen molar-refractivity contribution in [1.29, 1.82) is 0 Å². The second kappa shape index (κ2) is 14.1. The molecule has 0 bridgehead atoms. The van der Waals surface area contributed by atoms with E-state index < -0.39 is 6.10 Å². The Kier molecular flexibility index (Phi) is 13.1. The minimum absolute atomic E-state index is 0.160. The van der Waals surface area contributed by atoms with Crippen molar-refractivity contribution in [3.8, 4) is 0 Å². The van der Waals surface area contributed by atoms with Crippen molar-refractivity contribution >= 4 is 5.97 Å². The van der Waals surface area contributed by atoms with Crippen molar-refractivity contribution in [2.75, 3.05) is 7.11 Å². The van der Waals surface area contributed by atoms with E-state index in [-0.39, 0.29) is 5.97 Å². The number of rotatable bonds is 11. The molecule has 20 heavy (non-hydrogen) atoms. The van der Waals surface area contributed by atoms with E-state index >= 15 is 0 Å². The predicted octanol–water partition coefficient (Wildman–Crippen LogP) is 3.94. The highest BCUT2D eigenvalue weighted by atomic mass is 16.5. The van der Waals surface area contributed by atoms with Crippen LogP contribution in [-0.4, -0.2) is 24.3 Å². The average molecular weight is 280 g/mol. The molecule has 0 aromatic heterocycles. The van der Waals surface area contributed by atoms with Gasteiger partial charge in [0.2, 0.25) is 0 Å². The molecule has 0 aromatic carbocycles. The standard InChI is InChI=1S/C17H28O3/c1-3-4-5-6-7-8-10-13-16(18)14-11-9-12-15-17(19)20-2/h4-5,7-8,10,13,16,18H,3,6,9,11-12,14-15H2,1-2H3. The van der Waals surface area contributed by atoms with E-state index in [1.54, 1.807) is 6.08 Å². The summed E-state index contributed by atoms with van der Waals surface area (Å²) in [7, 11) is 1.41. The van der Waals surface area contributed by atoms with E-state index in [4.69, 9.17) is 0 Å². The van der Waals surface area contributed by atoms with Gasteiger partial charge in [0.15, 0.2) is 0 Å².